The van der Waals surface area contributed by atoms with Crippen molar-refractivity contribution in [2.75, 3.05) is 7.05 Å². The van der Waals surface area contributed by atoms with Crippen LogP contribution < -0.4 is 10.6 Å². The Morgan fingerprint density at radius 2 is 2.27 bits per heavy atom. The van der Waals surface area contributed by atoms with Crippen molar-refractivity contribution >= 4 is 17.2 Å². The lowest BCUT2D eigenvalue weighted by molar-refractivity contribution is -0.123. The second kappa shape index (κ2) is 6.58. The quantitative estimate of drug-likeness (QED) is 0.872. The Hall–Kier alpha value is -1.73. The Bertz CT molecular complexity index is 639. The summed E-state index contributed by atoms with van der Waals surface area (Å²) < 4.78 is 1.70. The number of aryl methyl sites for hydroxylation is 3. The molecule has 7 heteroatoms. The average Bonchev–Trinajstić information content (AvgIpc) is 3.12. The summed E-state index contributed by atoms with van der Waals surface area (Å²) in [6.07, 6.45) is 8.26. The number of nitrogens with one attached hydrogen (secondary N) is 2. The molecule has 2 aromatic heterocycles. The topological polar surface area (TPSA) is 71.8 Å². The highest BCUT2D eigenvalue weighted by atomic mass is 32.1. The Morgan fingerprint density at radius 1 is 1.45 bits per heavy atom. The lowest BCUT2D eigenvalue weighted by atomic mass is 10.0. The number of fused-ring (bicyclic) bond motifs is 1. The van der Waals surface area contributed by atoms with Crippen molar-refractivity contribution in [3.63, 3.8) is 0 Å². The van der Waals surface area contributed by atoms with E-state index in [4.69, 9.17) is 0 Å². The number of hydrogen-bond acceptors (Lipinski definition) is 5. The van der Waals surface area contributed by atoms with Crippen molar-refractivity contribution in [1.82, 2.24) is 25.4 Å². The van der Waals surface area contributed by atoms with Gasteiger partial charge in [-0.3, -0.25) is 9.48 Å². The second-order valence-electron chi connectivity index (χ2n) is 5.57. The molecule has 6 nitrogen and oxygen atoms in total. The molecule has 0 radical (unpaired) electrons. The summed E-state index contributed by atoms with van der Waals surface area (Å²) >= 11 is 1.73. The van der Waals surface area contributed by atoms with Crippen molar-refractivity contribution in [2.45, 2.75) is 38.3 Å². The fourth-order valence-corrected chi connectivity index (χ4v) is 3.88. The van der Waals surface area contributed by atoms with Crippen LogP contribution in [0, 0.1) is 0 Å². The monoisotopic (exact) mass is 319 g/mol. The van der Waals surface area contributed by atoms with Gasteiger partial charge in [0.2, 0.25) is 5.91 Å². The van der Waals surface area contributed by atoms with Gasteiger partial charge in [-0.1, -0.05) is 0 Å². The van der Waals surface area contributed by atoms with Crippen LogP contribution in [0.2, 0.25) is 0 Å². The van der Waals surface area contributed by atoms with E-state index in [1.807, 2.05) is 13.2 Å². The Labute approximate surface area is 133 Å². The van der Waals surface area contributed by atoms with Crippen LogP contribution in [0.4, 0.5) is 0 Å². The Morgan fingerprint density at radius 3 is 2.95 bits per heavy atom. The molecule has 1 aliphatic carbocycles. The van der Waals surface area contributed by atoms with Gasteiger partial charge in [0.1, 0.15) is 11.0 Å². The maximum absolute atomic E-state index is 12.4. The molecule has 2 heterocycles. The van der Waals surface area contributed by atoms with E-state index in [1.54, 1.807) is 29.3 Å². The zero-order valence-corrected chi connectivity index (χ0v) is 13.7. The number of carbonyl (C=O) groups excluding carboxylic acids is 1. The number of amides is 1. The molecule has 0 aliphatic heterocycles. The van der Waals surface area contributed by atoms with Crippen LogP contribution in [-0.4, -0.2) is 27.7 Å². The number of aromatic nitrogens is 3. The second-order valence-corrected chi connectivity index (χ2v) is 6.74. The van der Waals surface area contributed by atoms with Crippen LogP contribution in [0.25, 0.3) is 0 Å². The standard InChI is InChI=1S/C15H21N5OS/c1-16-14(10-7-18-20(2)9-10)15(21)17-8-13-19-11-5-3-4-6-12(11)22-13/h7,9,14,16H,3-6,8H2,1-2H3,(H,17,21). The van der Waals surface area contributed by atoms with E-state index in [9.17, 15) is 4.79 Å². The minimum Gasteiger partial charge on any atom is -0.348 e. The molecule has 1 aliphatic rings. The molecule has 0 spiro atoms. The van der Waals surface area contributed by atoms with Gasteiger partial charge in [-0.2, -0.15) is 5.10 Å². The van der Waals surface area contributed by atoms with Gasteiger partial charge in [0.15, 0.2) is 0 Å². The normalized spacial score (nSPS) is 15.4. The number of likely N-dealkylation sites (N-methyl/N-ethyl adjacent to an activating group) is 1. The third kappa shape index (κ3) is 3.20. The molecule has 22 heavy (non-hydrogen) atoms. The smallest absolute Gasteiger partial charge is 0.242 e. The number of rotatable bonds is 5. The van der Waals surface area contributed by atoms with Gasteiger partial charge in [-0.15, -0.1) is 11.3 Å². The van der Waals surface area contributed by atoms with Crippen molar-refractivity contribution in [1.29, 1.82) is 0 Å². The highest BCUT2D eigenvalue weighted by Crippen LogP contribution is 2.26. The third-order valence-electron chi connectivity index (χ3n) is 3.91. The van der Waals surface area contributed by atoms with Crippen LogP contribution in [0.3, 0.4) is 0 Å². The molecule has 0 saturated carbocycles. The zero-order chi connectivity index (χ0) is 15.5. The van der Waals surface area contributed by atoms with Gasteiger partial charge >= 0.3 is 0 Å². The largest absolute Gasteiger partial charge is 0.348 e. The molecule has 1 atom stereocenters. The van der Waals surface area contributed by atoms with Crippen LogP contribution in [-0.2, 0) is 31.2 Å². The summed E-state index contributed by atoms with van der Waals surface area (Å²) in [4.78, 5) is 18.4. The van der Waals surface area contributed by atoms with Gasteiger partial charge in [0, 0.05) is 23.7 Å². The third-order valence-corrected chi connectivity index (χ3v) is 5.07. The lowest BCUT2D eigenvalue weighted by Gasteiger charge is -2.13. The summed E-state index contributed by atoms with van der Waals surface area (Å²) in [6.45, 7) is 0.495. The molecule has 0 bridgehead atoms. The zero-order valence-electron chi connectivity index (χ0n) is 12.9. The summed E-state index contributed by atoms with van der Waals surface area (Å²) in [5.74, 6) is -0.0522. The molecule has 3 rings (SSSR count). The average molecular weight is 319 g/mol. The van der Waals surface area contributed by atoms with Gasteiger partial charge in [0.05, 0.1) is 18.4 Å². The maximum atomic E-state index is 12.4. The highest BCUT2D eigenvalue weighted by Gasteiger charge is 2.21. The van der Waals surface area contributed by atoms with E-state index >= 15 is 0 Å². The van der Waals surface area contributed by atoms with Gasteiger partial charge in [-0.25, -0.2) is 4.98 Å². The first-order chi connectivity index (χ1) is 10.7. The first-order valence-electron chi connectivity index (χ1n) is 7.58. The summed E-state index contributed by atoms with van der Waals surface area (Å²) in [6, 6.07) is -0.386. The number of thiazole rings is 1. The molecular formula is C15H21N5OS. The SMILES string of the molecule is CNC(C(=O)NCc1nc2c(s1)CCCC2)c1cnn(C)c1. The van der Waals surface area contributed by atoms with Crippen molar-refractivity contribution < 1.29 is 4.79 Å². The van der Waals surface area contributed by atoms with E-state index < -0.39 is 0 Å². The molecule has 0 fully saturated rings. The number of nitrogens with zero attached hydrogens (tertiary/aromatic N) is 3. The first-order valence-corrected chi connectivity index (χ1v) is 8.40. The minimum absolute atomic E-state index is 0.0522. The first kappa shape index (κ1) is 15.2. The molecule has 1 amide bonds. The Balaban J connectivity index is 1.62. The predicted molar refractivity (Wildman–Crippen MR) is 85.6 cm³/mol. The predicted octanol–water partition coefficient (Wildman–Crippen LogP) is 1.33. The van der Waals surface area contributed by atoms with E-state index in [0.717, 1.165) is 23.4 Å². The molecule has 2 aromatic rings. The van der Waals surface area contributed by atoms with Gasteiger partial charge in [0.25, 0.3) is 0 Å². The summed E-state index contributed by atoms with van der Waals surface area (Å²) in [5.41, 5.74) is 2.10. The van der Waals surface area contributed by atoms with Crippen LogP contribution >= 0.6 is 11.3 Å². The molecule has 1 unspecified atom stereocenters. The maximum Gasteiger partial charge on any atom is 0.242 e. The molecule has 118 valence electrons. The van der Waals surface area contributed by atoms with Crippen LogP contribution in [0.5, 0.6) is 0 Å². The van der Waals surface area contributed by atoms with Crippen molar-refractivity contribution in [3.8, 4) is 0 Å². The highest BCUT2D eigenvalue weighted by molar-refractivity contribution is 7.11. The Kier molecular flexibility index (Phi) is 4.54. The number of hydrogen-bond donors (Lipinski definition) is 2. The minimum atomic E-state index is -0.386. The molecule has 0 aromatic carbocycles. The van der Waals surface area contributed by atoms with Crippen LogP contribution in [0.1, 0.15) is 40.0 Å². The molecular weight excluding hydrogens is 298 g/mol. The molecule has 0 saturated heterocycles. The van der Waals surface area contributed by atoms with Crippen molar-refractivity contribution in [3.05, 3.63) is 33.5 Å². The molecule has 2 N–H and O–H groups in total. The lowest BCUT2D eigenvalue weighted by Crippen LogP contribution is -2.35. The van der Waals surface area contributed by atoms with E-state index in [1.165, 1.54) is 23.4 Å². The number of carbonyl (C=O) groups is 1. The fourth-order valence-electron chi connectivity index (χ4n) is 2.78. The van der Waals surface area contributed by atoms with Gasteiger partial charge in [-0.05, 0) is 32.7 Å². The van der Waals surface area contributed by atoms with E-state index in [0.29, 0.717) is 6.54 Å². The fraction of sp³-hybridized carbons (Fsp3) is 0.533. The van der Waals surface area contributed by atoms with Crippen molar-refractivity contribution in [2.24, 2.45) is 7.05 Å². The van der Waals surface area contributed by atoms with E-state index in [2.05, 4.69) is 20.7 Å². The summed E-state index contributed by atoms with van der Waals surface area (Å²) in [5, 5.41) is 11.1. The van der Waals surface area contributed by atoms with Gasteiger partial charge < -0.3 is 10.6 Å². The van der Waals surface area contributed by atoms with E-state index in [-0.39, 0.29) is 11.9 Å². The van der Waals surface area contributed by atoms with Crippen LogP contribution in [0.15, 0.2) is 12.4 Å². The summed E-state index contributed by atoms with van der Waals surface area (Å²) in [7, 11) is 3.62.